The predicted octanol–water partition coefficient (Wildman–Crippen LogP) is 3.35. The number of hydrogen-bond donors (Lipinski definition) is 1. The Morgan fingerprint density at radius 1 is 1.00 bits per heavy atom. The van der Waals surface area contributed by atoms with Gasteiger partial charge in [0.15, 0.2) is 0 Å². The van der Waals surface area contributed by atoms with Crippen LogP contribution in [0, 0.1) is 0 Å². The molecule has 0 aliphatic rings. The molecule has 0 radical (unpaired) electrons. The van der Waals surface area contributed by atoms with Crippen molar-refractivity contribution in [2.75, 3.05) is 6.61 Å². The van der Waals surface area contributed by atoms with Crippen LogP contribution in [0.1, 0.15) is 25.0 Å². The SMILES string of the molecule is CCOC(=O)C(C)N(Cc1ccccc1)C(=O)NCc1ccccc1. The third-order valence-corrected chi connectivity index (χ3v) is 3.84. The van der Waals surface area contributed by atoms with Crippen molar-refractivity contribution in [2.45, 2.75) is 33.0 Å². The number of ether oxygens (including phenoxy) is 1. The van der Waals surface area contributed by atoms with Crippen LogP contribution < -0.4 is 5.32 Å². The highest BCUT2D eigenvalue weighted by molar-refractivity contribution is 5.83. The molecule has 25 heavy (non-hydrogen) atoms. The van der Waals surface area contributed by atoms with Crippen molar-refractivity contribution in [1.82, 2.24) is 10.2 Å². The number of hydrogen-bond acceptors (Lipinski definition) is 3. The molecule has 0 fully saturated rings. The Labute approximate surface area is 148 Å². The summed E-state index contributed by atoms with van der Waals surface area (Å²) in [5, 5.41) is 2.88. The van der Waals surface area contributed by atoms with E-state index in [1.165, 1.54) is 4.90 Å². The Morgan fingerprint density at radius 3 is 2.12 bits per heavy atom. The van der Waals surface area contributed by atoms with Crippen molar-refractivity contribution in [1.29, 1.82) is 0 Å². The van der Waals surface area contributed by atoms with Gasteiger partial charge >= 0.3 is 12.0 Å². The molecule has 2 rings (SSSR count). The molecule has 0 spiro atoms. The van der Waals surface area contributed by atoms with Gasteiger partial charge in [-0.3, -0.25) is 0 Å². The summed E-state index contributed by atoms with van der Waals surface area (Å²) in [6.07, 6.45) is 0. The van der Waals surface area contributed by atoms with Crippen molar-refractivity contribution in [3.63, 3.8) is 0 Å². The van der Waals surface area contributed by atoms with E-state index in [2.05, 4.69) is 5.32 Å². The fraction of sp³-hybridized carbons (Fsp3) is 0.300. The summed E-state index contributed by atoms with van der Waals surface area (Å²) in [4.78, 5) is 26.3. The lowest BCUT2D eigenvalue weighted by Crippen LogP contribution is -2.48. The first kappa shape index (κ1) is 18.5. The lowest BCUT2D eigenvalue weighted by Gasteiger charge is -2.28. The summed E-state index contributed by atoms with van der Waals surface area (Å²) < 4.78 is 5.07. The molecular weight excluding hydrogens is 316 g/mol. The van der Waals surface area contributed by atoms with Gasteiger partial charge in [0.25, 0.3) is 0 Å². The number of rotatable bonds is 7. The van der Waals surface area contributed by atoms with Gasteiger partial charge in [-0.2, -0.15) is 0 Å². The minimum absolute atomic E-state index is 0.286. The third-order valence-electron chi connectivity index (χ3n) is 3.84. The molecule has 0 heterocycles. The molecule has 0 aliphatic heterocycles. The monoisotopic (exact) mass is 340 g/mol. The maximum atomic E-state index is 12.7. The van der Waals surface area contributed by atoms with Gasteiger partial charge in [0.2, 0.25) is 0 Å². The Balaban J connectivity index is 2.09. The van der Waals surface area contributed by atoms with Crippen LogP contribution >= 0.6 is 0 Å². The average Bonchev–Trinajstić information content (AvgIpc) is 2.65. The highest BCUT2D eigenvalue weighted by Gasteiger charge is 2.27. The van der Waals surface area contributed by atoms with E-state index in [1.54, 1.807) is 13.8 Å². The average molecular weight is 340 g/mol. The van der Waals surface area contributed by atoms with Crippen molar-refractivity contribution >= 4 is 12.0 Å². The Bertz CT molecular complexity index is 674. The Kier molecular flexibility index (Phi) is 7.01. The quantitative estimate of drug-likeness (QED) is 0.786. The summed E-state index contributed by atoms with van der Waals surface area (Å²) in [5.74, 6) is -0.409. The minimum atomic E-state index is -0.670. The topological polar surface area (TPSA) is 58.6 Å². The molecule has 0 aliphatic carbocycles. The van der Waals surface area contributed by atoms with Crippen LogP contribution in [0.2, 0.25) is 0 Å². The minimum Gasteiger partial charge on any atom is -0.464 e. The zero-order valence-electron chi connectivity index (χ0n) is 14.6. The molecule has 1 unspecified atom stereocenters. The van der Waals surface area contributed by atoms with E-state index in [0.29, 0.717) is 13.1 Å². The number of benzene rings is 2. The molecule has 2 aromatic rings. The van der Waals surface area contributed by atoms with Crippen LogP contribution in [0.3, 0.4) is 0 Å². The summed E-state index contributed by atoms with van der Waals surface area (Å²) >= 11 is 0. The maximum absolute atomic E-state index is 12.7. The summed E-state index contributed by atoms with van der Waals surface area (Å²) in [5.41, 5.74) is 1.95. The number of esters is 1. The second kappa shape index (κ2) is 9.47. The first-order chi connectivity index (χ1) is 12.1. The van der Waals surface area contributed by atoms with Gasteiger partial charge in [0.05, 0.1) is 6.61 Å². The number of carbonyl (C=O) groups excluding carboxylic acids is 2. The predicted molar refractivity (Wildman–Crippen MR) is 96.8 cm³/mol. The van der Waals surface area contributed by atoms with Gasteiger partial charge in [0, 0.05) is 13.1 Å². The van der Waals surface area contributed by atoms with Crippen molar-refractivity contribution < 1.29 is 14.3 Å². The molecule has 0 aromatic heterocycles. The molecule has 0 saturated carbocycles. The van der Waals surface area contributed by atoms with Crippen molar-refractivity contribution in [3.05, 3.63) is 71.8 Å². The fourth-order valence-electron chi connectivity index (χ4n) is 2.43. The third kappa shape index (κ3) is 5.64. The van der Waals surface area contributed by atoms with Crippen LogP contribution in [0.25, 0.3) is 0 Å². The van der Waals surface area contributed by atoms with E-state index in [-0.39, 0.29) is 12.6 Å². The van der Waals surface area contributed by atoms with Crippen LogP contribution in [0.4, 0.5) is 4.79 Å². The normalized spacial score (nSPS) is 11.4. The van der Waals surface area contributed by atoms with E-state index < -0.39 is 12.0 Å². The van der Waals surface area contributed by atoms with Gasteiger partial charge in [-0.05, 0) is 25.0 Å². The first-order valence-corrected chi connectivity index (χ1v) is 8.40. The molecule has 5 heteroatoms. The molecular formula is C20H24N2O3. The smallest absolute Gasteiger partial charge is 0.328 e. The molecule has 0 saturated heterocycles. The number of carbonyl (C=O) groups is 2. The van der Waals surface area contributed by atoms with Crippen LogP contribution in [-0.4, -0.2) is 29.5 Å². The summed E-state index contributed by atoms with van der Waals surface area (Å²) in [6.45, 7) is 4.46. The number of urea groups is 1. The second-order valence-corrected chi connectivity index (χ2v) is 5.69. The van der Waals surface area contributed by atoms with Gasteiger partial charge in [-0.15, -0.1) is 0 Å². The zero-order chi connectivity index (χ0) is 18.1. The number of nitrogens with one attached hydrogen (secondary N) is 1. The molecule has 1 atom stereocenters. The van der Waals surface area contributed by atoms with E-state index in [4.69, 9.17) is 4.74 Å². The lowest BCUT2D eigenvalue weighted by molar-refractivity contribution is -0.148. The summed E-state index contributed by atoms with van der Waals surface area (Å²) in [6, 6.07) is 18.3. The highest BCUT2D eigenvalue weighted by atomic mass is 16.5. The lowest BCUT2D eigenvalue weighted by atomic mass is 10.2. The molecule has 2 aromatic carbocycles. The van der Waals surface area contributed by atoms with Gasteiger partial charge < -0.3 is 15.0 Å². The molecule has 2 amide bonds. The van der Waals surface area contributed by atoms with Gasteiger partial charge in [0.1, 0.15) is 6.04 Å². The van der Waals surface area contributed by atoms with Crippen LogP contribution in [-0.2, 0) is 22.6 Å². The van der Waals surface area contributed by atoms with E-state index >= 15 is 0 Å². The van der Waals surface area contributed by atoms with Gasteiger partial charge in [-0.1, -0.05) is 60.7 Å². The molecule has 0 bridgehead atoms. The fourth-order valence-corrected chi connectivity index (χ4v) is 2.43. The molecule has 5 nitrogen and oxygen atoms in total. The summed E-state index contributed by atoms with van der Waals surface area (Å²) in [7, 11) is 0. The van der Waals surface area contributed by atoms with Crippen molar-refractivity contribution in [2.24, 2.45) is 0 Å². The van der Waals surface area contributed by atoms with Crippen LogP contribution in [0.15, 0.2) is 60.7 Å². The maximum Gasteiger partial charge on any atom is 0.328 e. The van der Waals surface area contributed by atoms with E-state index in [9.17, 15) is 9.59 Å². The van der Waals surface area contributed by atoms with Gasteiger partial charge in [-0.25, -0.2) is 9.59 Å². The second-order valence-electron chi connectivity index (χ2n) is 5.69. The first-order valence-electron chi connectivity index (χ1n) is 8.40. The zero-order valence-corrected chi connectivity index (χ0v) is 14.6. The Hall–Kier alpha value is -2.82. The van der Waals surface area contributed by atoms with Crippen LogP contribution in [0.5, 0.6) is 0 Å². The highest BCUT2D eigenvalue weighted by Crippen LogP contribution is 2.11. The standard InChI is InChI=1S/C20H24N2O3/c1-3-25-19(23)16(2)22(15-18-12-8-5-9-13-18)20(24)21-14-17-10-6-4-7-11-17/h4-13,16H,3,14-15H2,1-2H3,(H,21,24). The number of amides is 2. The van der Waals surface area contributed by atoms with E-state index in [0.717, 1.165) is 11.1 Å². The largest absolute Gasteiger partial charge is 0.464 e. The van der Waals surface area contributed by atoms with E-state index in [1.807, 2.05) is 60.7 Å². The number of nitrogens with zero attached hydrogens (tertiary/aromatic N) is 1. The Morgan fingerprint density at radius 2 is 1.56 bits per heavy atom. The molecule has 1 N–H and O–H groups in total. The van der Waals surface area contributed by atoms with Crippen molar-refractivity contribution in [3.8, 4) is 0 Å². The molecule has 132 valence electrons.